The van der Waals surface area contributed by atoms with Crippen LogP contribution in [0.3, 0.4) is 0 Å². The Kier molecular flexibility index (Phi) is 13.2. The second-order valence-corrected chi connectivity index (χ2v) is 12.4. The molecule has 1 N–H and O–H groups in total. The number of unbranched alkanes of at least 4 members (excludes halogenated alkanes) is 5. The molecule has 3 rings (SSSR count). The monoisotopic (exact) mass is 539 g/mol. The Morgan fingerprint density at radius 2 is 1.87 bits per heavy atom. The molecule has 1 aliphatic heterocycles. The van der Waals surface area contributed by atoms with E-state index in [-0.39, 0.29) is 35.5 Å². The molecule has 0 spiro atoms. The van der Waals surface area contributed by atoms with Crippen LogP contribution in [0, 0.1) is 11.8 Å². The zero-order valence-corrected chi connectivity index (χ0v) is 24.8. The average Bonchev–Trinajstić information content (AvgIpc) is 3.27. The number of carbonyl (C=O) groups is 2. The van der Waals surface area contributed by atoms with Crippen LogP contribution in [-0.2, 0) is 20.9 Å². The van der Waals surface area contributed by atoms with Crippen LogP contribution < -0.4 is 0 Å². The van der Waals surface area contributed by atoms with Crippen molar-refractivity contribution in [2.24, 2.45) is 11.8 Å². The molecular weight excluding hydrogens is 486 g/mol. The summed E-state index contributed by atoms with van der Waals surface area (Å²) in [7, 11) is 0. The fourth-order valence-corrected chi connectivity index (χ4v) is 6.31. The molecule has 1 saturated heterocycles. The summed E-state index contributed by atoms with van der Waals surface area (Å²) >= 11 is 0. The predicted octanol–water partition coefficient (Wildman–Crippen LogP) is 7.41. The predicted molar refractivity (Wildman–Crippen MR) is 158 cm³/mol. The maximum atomic E-state index is 13.4. The third-order valence-electron chi connectivity index (χ3n) is 8.62. The highest BCUT2D eigenvalue weighted by molar-refractivity contribution is 5.83. The van der Waals surface area contributed by atoms with Gasteiger partial charge in [-0.15, -0.1) is 0 Å². The van der Waals surface area contributed by atoms with Gasteiger partial charge in [0.05, 0.1) is 11.7 Å². The van der Waals surface area contributed by atoms with Crippen molar-refractivity contribution in [1.29, 1.82) is 0 Å². The average molecular weight is 540 g/mol. The van der Waals surface area contributed by atoms with Gasteiger partial charge in [-0.25, -0.2) is 0 Å². The molecule has 5 heteroatoms. The molecule has 0 unspecified atom stereocenters. The molecule has 0 bridgehead atoms. The molecule has 1 heterocycles. The summed E-state index contributed by atoms with van der Waals surface area (Å²) in [5, 5.41) is 10.2. The first kappa shape index (κ1) is 31.5. The number of amides is 1. The van der Waals surface area contributed by atoms with E-state index in [0.717, 1.165) is 77.0 Å². The number of nitrogens with zero attached hydrogens (tertiary/aromatic N) is 1. The smallest absolute Gasteiger partial charge is 0.223 e. The molecular formula is C34H53NO4. The highest BCUT2D eigenvalue weighted by atomic mass is 16.5. The first-order chi connectivity index (χ1) is 18.8. The molecule has 1 aromatic rings. The van der Waals surface area contributed by atoms with Crippen molar-refractivity contribution >= 4 is 11.7 Å². The second kappa shape index (κ2) is 16.3. The molecule has 218 valence electrons. The number of ketones is 1. The van der Waals surface area contributed by atoms with E-state index in [0.29, 0.717) is 31.8 Å². The summed E-state index contributed by atoms with van der Waals surface area (Å²) in [5.74, 6) is 1.01. The summed E-state index contributed by atoms with van der Waals surface area (Å²) in [4.78, 5) is 28.0. The van der Waals surface area contributed by atoms with Crippen molar-refractivity contribution in [3.63, 3.8) is 0 Å². The lowest BCUT2D eigenvalue weighted by molar-refractivity contribution is -0.141. The van der Waals surface area contributed by atoms with Crippen molar-refractivity contribution in [2.75, 3.05) is 6.61 Å². The van der Waals surface area contributed by atoms with E-state index in [1.54, 1.807) is 0 Å². The number of hydrogen-bond donors (Lipinski definition) is 1. The Bertz CT molecular complexity index is 896. The zero-order valence-electron chi connectivity index (χ0n) is 24.8. The highest BCUT2D eigenvalue weighted by Crippen LogP contribution is 2.34. The summed E-state index contributed by atoms with van der Waals surface area (Å²) in [5.41, 5.74) is 0.976. The normalized spacial score (nSPS) is 23.8. The molecule has 0 radical (unpaired) electrons. The minimum Gasteiger partial charge on any atom is -0.389 e. The van der Waals surface area contributed by atoms with Crippen LogP contribution in [0.5, 0.6) is 0 Å². The number of Topliss-reactive ketones (excluding diaryl/α,β-unsaturated/α-hetero) is 1. The molecule has 39 heavy (non-hydrogen) atoms. The maximum Gasteiger partial charge on any atom is 0.223 e. The lowest BCUT2D eigenvalue weighted by atomic mass is 9.89. The highest BCUT2D eigenvalue weighted by Gasteiger charge is 2.34. The quantitative estimate of drug-likeness (QED) is 0.175. The summed E-state index contributed by atoms with van der Waals surface area (Å²) in [6.45, 7) is 7.77. The minimum atomic E-state index is -0.390. The van der Waals surface area contributed by atoms with Gasteiger partial charge in [0, 0.05) is 38.0 Å². The van der Waals surface area contributed by atoms with E-state index in [4.69, 9.17) is 4.74 Å². The Morgan fingerprint density at radius 3 is 2.62 bits per heavy atom. The molecule has 1 aliphatic carbocycles. The van der Waals surface area contributed by atoms with E-state index < -0.39 is 0 Å². The van der Waals surface area contributed by atoms with Crippen LogP contribution in [0.25, 0.3) is 0 Å². The van der Waals surface area contributed by atoms with Crippen LogP contribution >= 0.6 is 0 Å². The number of aliphatic hydroxyl groups is 1. The standard InChI is InChI=1S/C34H53NO4/c1-4-5-9-16-30(36)21-19-28-20-22-32(37)31(28)17-12-6-7-13-18-33(38)35(26-27-14-10-8-11-15-27)29-23-24-39-34(2,3)25-29/h8,10-11,14-15,19,21,28-31,36H,4-7,9,12-13,16-18,20,22-26H2,1-3H3/b21-19+/t28-,29+,30-,31+/m0/s1. The van der Waals surface area contributed by atoms with Crippen LogP contribution in [0.4, 0.5) is 0 Å². The molecule has 1 amide bonds. The molecule has 1 aromatic carbocycles. The van der Waals surface area contributed by atoms with Gasteiger partial charge in [0.1, 0.15) is 5.78 Å². The molecule has 1 saturated carbocycles. The number of ether oxygens (including phenoxy) is 1. The Hall–Kier alpha value is -1.98. The van der Waals surface area contributed by atoms with Crippen LogP contribution in [0.15, 0.2) is 42.5 Å². The van der Waals surface area contributed by atoms with Crippen LogP contribution in [0.1, 0.15) is 116 Å². The van der Waals surface area contributed by atoms with Gasteiger partial charge in [-0.2, -0.15) is 0 Å². The Balaban J connectivity index is 1.42. The van der Waals surface area contributed by atoms with Gasteiger partial charge in [0.15, 0.2) is 0 Å². The summed E-state index contributed by atoms with van der Waals surface area (Å²) in [6.07, 6.45) is 16.6. The molecule has 2 aliphatic rings. The second-order valence-electron chi connectivity index (χ2n) is 12.4. The number of benzene rings is 1. The van der Waals surface area contributed by atoms with Gasteiger partial charge >= 0.3 is 0 Å². The van der Waals surface area contributed by atoms with Gasteiger partial charge in [0.25, 0.3) is 0 Å². The third kappa shape index (κ3) is 10.8. The van der Waals surface area contributed by atoms with Crippen molar-refractivity contribution < 1.29 is 19.4 Å². The molecule has 4 atom stereocenters. The number of hydrogen-bond acceptors (Lipinski definition) is 4. The van der Waals surface area contributed by atoms with E-state index in [1.165, 1.54) is 5.56 Å². The van der Waals surface area contributed by atoms with E-state index in [2.05, 4.69) is 43.9 Å². The topological polar surface area (TPSA) is 66.8 Å². The van der Waals surface area contributed by atoms with Crippen molar-refractivity contribution in [3.05, 3.63) is 48.0 Å². The lowest BCUT2D eigenvalue weighted by Crippen LogP contribution is -2.48. The minimum absolute atomic E-state index is 0.101. The molecule has 2 fully saturated rings. The van der Waals surface area contributed by atoms with E-state index >= 15 is 0 Å². The van der Waals surface area contributed by atoms with Crippen molar-refractivity contribution in [1.82, 2.24) is 4.90 Å². The summed E-state index contributed by atoms with van der Waals surface area (Å²) in [6, 6.07) is 10.5. The van der Waals surface area contributed by atoms with Crippen LogP contribution in [0.2, 0.25) is 0 Å². The number of carbonyl (C=O) groups excluding carboxylic acids is 2. The fourth-order valence-electron chi connectivity index (χ4n) is 6.31. The number of allylic oxidation sites excluding steroid dienone is 1. The van der Waals surface area contributed by atoms with Crippen molar-refractivity contribution in [3.8, 4) is 0 Å². The van der Waals surface area contributed by atoms with Crippen LogP contribution in [-0.4, -0.2) is 46.1 Å². The fraction of sp³-hybridized carbons (Fsp3) is 0.706. The van der Waals surface area contributed by atoms with Gasteiger partial charge in [-0.05, 0) is 63.9 Å². The summed E-state index contributed by atoms with van der Waals surface area (Å²) < 4.78 is 5.93. The first-order valence-corrected chi connectivity index (χ1v) is 15.7. The molecule has 5 nitrogen and oxygen atoms in total. The van der Waals surface area contributed by atoms with E-state index in [1.807, 2.05) is 24.3 Å². The van der Waals surface area contributed by atoms with Gasteiger partial charge < -0.3 is 14.7 Å². The van der Waals surface area contributed by atoms with Gasteiger partial charge in [0.2, 0.25) is 5.91 Å². The third-order valence-corrected chi connectivity index (χ3v) is 8.62. The number of aliphatic hydroxyl groups excluding tert-OH is 1. The van der Waals surface area contributed by atoms with Crippen molar-refractivity contribution in [2.45, 2.75) is 135 Å². The Labute approximate surface area is 237 Å². The van der Waals surface area contributed by atoms with E-state index in [9.17, 15) is 14.7 Å². The Morgan fingerprint density at radius 1 is 1.10 bits per heavy atom. The largest absolute Gasteiger partial charge is 0.389 e. The maximum absolute atomic E-state index is 13.4. The SMILES string of the molecule is CCCCC[C@H](O)/C=C/[C@H]1CCC(=O)[C@@H]1CCCCCCC(=O)N(Cc1ccccc1)[C@@H]1CCOC(C)(C)C1. The molecule has 0 aromatic heterocycles. The van der Waals surface area contributed by atoms with Gasteiger partial charge in [-0.1, -0.05) is 87.9 Å². The zero-order chi connectivity index (χ0) is 28.1. The lowest BCUT2D eigenvalue weighted by Gasteiger charge is -2.41. The number of rotatable bonds is 16. The first-order valence-electron chi connectivity index (χ1n) is 15.7. The van der Waals surface area contributed by atoms with Gasteiger partial charge in [-0.3, -0.25) is 9.59 Å².